The third-order valence-corrected chi connectivity index (χ3v) is 4.21. The highest BCUT2D eigenvalue weighted by Crippen LogP contribution is 2.58. The predicted octanol–water partition coefficient (Wildman–Crippen LogP) is 2.37. The molecule has 4 atom stereocenters. The summed E-state index contributed by atoms with van der Waals surface area (Å²) in [6.07, 6.45) is 3.99. The molecule has 0 radical (unpaired) electrons. The minimum Gasteiger partial charge on any atom is -0.381 e. The normalized spacial score (nSPS) is 51.2. The highest BCUT2D eigenvalue weighted by molar-refractivity contribution is 5.14. The van der Waals surface area contributed by atoms with Gasteiger partial charge in [0.1, 0.15) is 0 Å². The van der Waals surface area contributed by atoms with Gasteiger partial charge in [-0.15, -0.1) is 0 Å². The molecule has 0 spiro atoms. The van der Waals surface area contributed by atoms with Gasteiger partial charge in [0.05, 0.1) is 17.3 Å². The lowest BCUT2D eigenvalue weighted by Crippen LogP contribution is -2.34. The third kappa shape index (κ3) is 1.31. The van der Waals surface area contributed by atoms with E-state index in [-0.39, 0.29) is 11.2 Å². The van der Waals surface area contributed by atoms with Gasteiger partial charge in [0.15, 0.2) is 0 Å². The molecule has 4 unspecified atom stereocenters. The van der Waals surface area contributed by atoms with Crippen LogP contribution < -0.4 is 0 Å². The van der Waals surface area contributed by atoms with Crippen LogP contribution in [-0.4, -0.2) is 24.4 Å². The fourth-order valence-corrected chi connectivity index (χ4v) is 2.70. The van der Waals surface area contributed by atoms with Crippen LogP contribution in [0.25, 0.3) is 0 Å². The monoisotopic (exact) mass is 184 g/mol. The molecule has 0 N–H and O–H groups in total. The Kier molecular flexibility index (Phi) is 1.97. The second-order valence-electron chi connectivity index (χ2n) is 5.01. The van der Waals surface area contributed by atoms with Crippen molar-refractivity contribution >= 4 is 0 Å². The van der Waals surface area contributed by atoms with Crippen molar-refractivity contribution in [2.24, 2.45) is 5.92 Å². The number of hydrogen-bond donors (Lipinski definition) is 0. The SMILES string of the molecule is COC(C)C1CCC2(C)OC2(C)C1. The second kappa shape index (κ2) is 2.71. The Morgan fingerprint density at radius 2 is 2.08 bits per heavy atom. The maximum absolute atomic E-state index is 5.82. The fourth-order valence-electron chi connectivity index (χ4n) is 2.70. The van der Waals surface area contributed by atoms with Gasteiger partial charge in [-0.2, -0.15) is 0 Å². The molecule has 1 saturated carbocycles. The van der Waals surface area contributed by atoms with Crippen LogP contribution in [0.3, 0.4) is 0 Å². The smallest absolute Gasteiger partial charge is 0.0952 e. The molecule has 2 rings (SSSR count). The maximum Gasteiger partial charge on any atom is 0.0952 e. The summed E-state index contributed by atoms with van der Waals surface area (Å²) in [4.78, 5) is 0. The Morgan fingerprint density at radius 1 is 1.38 bits per heavy atom. The zero-order chi connectivity index (χ0) is 9.69. The zero-order valence-electron chi connectivity index (χ0n) is 9.09. The van der Waals surface area contributed by atoms with Crippen LogP contribution in [0.15, 0.2) is 0 Å². The molecule has 1 aliphatic heterocycles. The molecular formula is C11H20O2. The summed E-state index contributed by atoms with van der Waals surface area (Å²) >= 11 is 0. The minimum absolute atomic E-state index is 0.155. The van der Waals surface area contributed by atoms with E-state index in [1.807, 2.05) is 0 Å². The molecule has 0 amide bonds. The molecule has 0 aromatic rings. The summed E-state index contributed by atoms with van der Waals surface area (Å²) in [5.41, 5.74) is 0.347. The van der Waals surface area contributed by atoms with Crippen molar-refractivity contribution in [2.75, 3.05) is 7.11 Å². The van der Waals surface area contributed by atoms with Gasteiger partial charge in [-0.05, 0) is 46.0 Å². The molecule has 0 aromatic heterocycles. The van der Waals surface area contributed by atoms with Crippen LogP contribution >= 0.6 is 0 Å². The van der Waals surface area contributed by atoms with Crippen LogP contribution in [0.1, 0.15) is 40.0 Å². The molecule has 13 heavy (non-hydrogen) atoms. The first-order valence-electron chi connectivity index (χ1n) is 5.24. The van der Waals surface area contributed by atoms with E-state index < -0.39 is 0 Å². The summed E-state index contributed by atoms with van der Waals surface area (Å²) in [7, 11) is 1.80. The topological polar surface area (TPSA) is 21.8 Å². The van der Waals surface area contributed by atoms with Gasteiger partial charge in [0, 0.05) is 7.11 Å². The van der Waals surface area contributed by atoms with Gasteiger partial charge >= 0.3 is 0 Å². The summed E-state index contributed by atoms with van der Waals surface area (Å²) in [6.45, 7) is 6.64. The summed E-state index contributed by atoms with van der Waals surface area (Å²) in [5, 5.41) is 0. The summed E-state index contributed by atoms with van der Waals surface area (Å²) in [5.74, 6) is 0.686. The first-order chi connectivity index (χ1) is 6.01. The molecule has 2 aliphatic rings. The third-order valence-electron chi connectivity index (χ3n) is 4.21. The Balaban J connectivity index is 1.99. The molecule has 76 valence electrons. The molecule has 1 saturated heterocycles. The highest BCUT2D eigenvalue weighted by Gasteiger charge is 2.65. The number of epoxide rings is 1. The molecule has 0 aromatic carbocycles. The van der Waals surface area contributed by atoms with E-state index in [2.05, 4.69) is 20.8 Å². The largest absolute Gasteiger partial charge is 0.381 e. The Labute approximate surface area is 80.6 Å². The Morgan fingerprint density at radius 3 is 2.62 bits per heavy atom. The van der Waals surface area contributed by atoms with E-state index in [4.69, 9.17) is 9.47 Å². The summed E-state index contributed by atoms with van der Waals surface area (Å²) in [6, 6.07) is 0. The summed E-state index contributed by atoms with van der Waals surface area (Å²) < 4.78 is 11.2. The molecule has 2 nitrogen and oxygen atoms in total. The first kappa shape index (κ1) is 9.47. The quantitative estimate of drug-likeness (QED) is 0.614. The van der Waals surface area contributed by atoms with Crippen molar-refractivity contribution in [1.82, 2.24) is 0 Å². The van der Waals surface area contributed by atoms with Gasteiger partial charge in [-0.3, -0.25) is 0 Å². The molecule has 1 aliphatic carbocycles. The van der Waals surface area contributed by atoms with E-state index >= 15 is 0 Å². The van der Waals surface area contributed by atoms with Gasteiger partial charge in [-0.1, -0.05) is 0 Å². The van der Waals surface area contributed by atoms with Crippen molar-refractivity contribution in [3.05, 3.63) is 0 Å². The average Bonchev–Trinajstić information content (AvgIpc) is 2.66. The second-order valence-corrected chi connectivity index (χ2v) is 5.01. The number of rotatable bonds is 2. The van der Waals surface area contributed by atoms with E-state index in [0.29, 0.717) is 12.0 Å². The van der Waals surface area contributed by atoms with Gasteiger partial charge in [0.25, 0.3) is 0 Å². The lowest BCUT2D eigenvalue weighted by molar-refractivity contribution is 0.0443. The van der Waals surface area contributed by atoms with E-state index in [1.165, 1.54) is 19.3 Å². The van der Waals surface area contributed by atoms with E-state index in [9.17, 15) is 0 Å². The standard InChI is InChI=1S/C11H20O2/c1-8(12-4)9-5-6-10(2)11(3,7-9)13-10/h8-9H,5-7H2,1-4H3. The van der Waals surface area contributed by atoms with Crippen molar-refractivity contribution in [3.63, 3.8) is 0 Å². The lowest BCUT2D eigenvalue weighted by Gasteiger charge is -2.30. The average molecular weight is 184 g/mol. The fraction of sp³-hybridized carbons (Fsp3) is 1.00. The molecule has 2 fully saturated rings. The van der Waals surface area contributed by atoms with Crippen molar-refractivity contribution in [1.29, 1.82) is 0 Å². The van der Waals surface area contributed by atoms with Crippen molar-refractivity contribution < 1.29 is 9.47 Å². The van der Waals surface area contributed by atoms with Gasteiger partial charge < -0.3 is 9.47 Å². The molecular weight excluding hydrogens is 164 g/mol. The van der Waals surface area contributed by atoms with Crippen LogP contribution in [0.2, 0.25) is 0 Å². The Bertz CT molecular complexity index is 216. The Hall–Kier alpha value is -0.0800. The number of ether oxygens (including phenoxy) is 2. The van der Waals surface area contributed by atoms with E-state index in [0.717, 1.165) is 0 Å². The predicted molar refractivity (Wildman–Crippen MR) is 51.7 cm³/mol. The van der Waals surface area contributed by atoms with Crippen LogP contribution in [0.5, 0.6) is 0 Å². The van der Waals surface area contributed by atoms with Crippen molar-refractivity contribution in [2.45, 2.75) is 57.3 Å². The van der Waals surface area contributed by atoms with Crippen molar-refractivity contribution in [3.8, 4) is 0 Å². The van der Waals surface area contributed by atoms with Crippen LogP contribution in [-0.2, 0) is 9.47 Å². The van der Waals surface area contributed by atoms with E-state index in [1.54, 1.807) is 7.11 Å². The number of fused-ring (bicyclic) bond motifs is 1. The highest BCUT2D eigenvalue weighted by atomic mass is 16.6. The number of methoxy groups -OCH3 is 1. The van der Waals surface area contributed by atoms with Crippen LogP contribution in [0, 0.1) is 5.92 Å². The molecule has 1 heterocycles. The lowest BCUT2D eigenvalue weighted by atomic mass is 9.74. The minimum atomic E-state index is 0.155. The molecule has 2 heteroatoms. The first-order valence-corrected chi connectivity index (χ1v) is 5.24. The number of hydrogen-bond acceptors (Lipinski definition) is 2. The van der Waals surface area contributed by atoms with Gasteiger partial charge in [0.2, 0.25) is 0 Å². The molecule has 0 bridgehead atoms. The maximum atomic E-state index is 5.82. The van der Waals surface area contributed by atoms with Gasteiger partial charge in [-0.25, -0.2) is 0 Å². The van der Waals surface area contributed by atoms with Crippen LogP contribution in [0.4, 0.5) is 0 Å². The zero-order valence-corrected chi connectivity index (χ0v) is 9.09.